The van der Waals surface area contributed by atoms with Crippen molar-refractivity contribution in [2.45, 2.75) is 18.8 Å². The van der Waals surface area contributed by atoms with Crippen molar-refractivity contribution in [3.63, 3.8) is 0 Å². The van der Waals surface area contributed by atoms with Gasteiger partial charge in [0.2, 0.25) is 5.91 Å². The molecule has 0 spiro atoms. The fourth-order valence-corrected chi connectivity index (χ4v) is 4.58. The molecule has 6 rings (SSSR count). The predicted octanol–water partition coefficient (Wildman–Crippen LogP) is 3.43. The van der Waals surface area contributed by atoms with E-state index in [2.05, 4.69) is 30.2 Å². The predicted molar refractivity (Wildman–Crippen MR) is 127 cm³/mol. The van der Waals surface area contributed by atoms with Crippen molar-refractivity contribution in [2.75, 3.05) is 11.1 Å². The molecule has 0 saturated carbocycles. The number of pyridine rings is 1. The van der Waals surface area contributed by atoms with Gasteiger partial charge in [0.05, 0.1) is 16.8 Å². The molecule has 0 aliphatic carbocycles. The average Bonchev–Trinajstić information content (AvgIpc) is 3.37. The van der Waals surface area contributed by atoms with E-state index < -0.39 is 28.8 Å². The van der Waals surface area contributed by atoms with Gasteiger partial charge in [-0.2, -0.15) is 0 Å². The van der Waals surface area contributed by atoms with Gasteiger partial charge in [-0.15, -0.1) is 0 Å². The van der Waals surface area contributed by atoms with Crippen LogP contribution in [0, 0.1) is 17.5 Å². The Morgan fingerprint density at radius 3 is 2.70 bits per heavy atom. The molecule has 0 radical (unpaired) electrons. The van der Waals surface area contributed by atoms with Gasteiger partial charge in [-0.3, -0.25) is 19.2 Å². The number of amides is 1. The molecule has 1 atom stereocenters. The minimum absolute atomic E-state index is 0.0208. The Bertz CT molecular complexity index is 1720. The summed E-state index contributed by atoms with van der Waals surface area (Å²) in [4.78, 5) is 34.8. The lowest BCUT2D eigenvalue weighted by atomic mass is 9.81. The Morgan fingerprint density at radius 1 is 1.08 bits per heavy atom. The summed E-state index contributed by atoms with van der Waals surface area (Å²) in [6.07, 6.45) is 5.48. The Kier molecular flexibility index (Phi) is 4.93. The number of carbonyl (C=O) groups is 1. The fraction of sp³-hybridized carbons (Fsp3) is 0.120. The molecule has 12 heteroatoms. The number of nitrogen functional groups attached to an aromatic ring is 1. The quantitative estimate of drug-likeness (QED) is 0.386. The molecule has 0 bridgehead atoms. The molecule has 5 heterocycles. The number of nitrogens with one attached hydrogen (secondary N) is 1. The van der Waals surface area contributed by atoms with Crippen molar-refractivity contribution in [1.29, 1.82) is 0 Å². The largest absolute Gasteiger partial charge is 0.383 e. The number of hydrogen-bond donors (Lipinski definition) is 2. The van der Waals surface area contributed by atoms with Crippen molar-refractivity contribution < 1.29 is 18.0 Å². The lowest BCUT2D eigenvalue weighted by molar-refractivity contribution is -0.119. The van der Waals surface area contributed by atoms with Crippen molar-refractivity contribution in [3.8, 4) is 11.5 Å². The lowest BCUT2D eigenvalue weighted by Crippen LogP contribution is -2.34. The molecule has 0 fully saturated rings. The van der Waals surface area contributed by atoms with Gasteiger partial charge in [-0.05, 0) is 30.7 Å². The molecule has 1 amide bonds. The summed E-state index contributed by atoms with van der Waals surface area (Å²) < 4.78 is 43.7. The molecule has 1 unspecified atom stereocenters. The van der Waals surface area contributed by atoms with Gasteiger partial charge in [0.1, 0.15) is 34.4 Å². The highest BCUT2D eigenvalue weighted by atomic mass is 19.2. The number of carbonyl (C=O) groups excluding carboxylic acids is 1. The standard InChI is InChI=1S/C25H17F3N8O/c1-25(16-10-30-7-8-31-16)18-21(29)33-23(34-22(18)35-24(25)37)20-15-6-5-13(26)11-36(15)17(32-20)9-12-3-2-4-14(27)19(12)28/h2-8,10-11H,9H2,1H3,(H3,29,33,34,35,37). The number of aromatic nitrogens is 6. The smallest absolute Gasteiger partial charge is 0.242 e. The third kappa shape index (κ3) is 3.40. The molecule has 5 aromatic rings. The van der Waals surface area contributed by atoms with E-state index in [0.29, 0.717) is 16.8 Å². The Labute approximate surface area is 207 Å². The van der Waals surface area contributed by atoms with Crippen LogP contribution in [0.5, 0.6) is 0 Å². The summed E-state index contributed by atoms with van der Waals surface area (Å²) in [6, 6.07) is 6.52. The minimum Gasteiger partial charge on any atom is -0.383 e. The van der Waals surface area contributed by atoms with Gasteiger partial charge < -0.3 is 11.1 Å². The number of fused-ring (bicyclic) bond motifs is 2. The molecular weight excluding hydrogens is 485 g/mol. The molecule has 9 nitrogen and oxygen atoms in total. The monoisotopic (exact) mass is 502 g/mol. The van der Waals surface area contributed by atoms with Crippen LogP contribution in [0.25, 0.3) is 17.0 Å². The fourth-order valence-electron chi connectivity index (χ4n) is 4.58. The normalized spacial score (nSPS) is 16.7. The van der Waals surface area contributed by atoms with Gasteiger partial charge in [-0.1, -0.05) is 12.1 Å². The Hall–Kier alpha value is -4.87. The summed E-state index contributed by atoms with van der Waals surface area (Å²) in [5.41, 5.74) is 6.47. The third-order valence-corrected chi connectivity index (χ3v) is 6.46. The van der Waals surface area contributed by atoms with E-state index >= 15 is 0 Å². The number of anilines is 2. The highest BCUT2D eigenvalue weighted by Crippen LogP contribution is 2.44. The zero-order valence-corrected chi connectivity index (χ0v) is 19.2. The van der Waals surface area contributed by atoms with Crippen LogP contribution in [0.15, 0.2) is 55.1 Å². The number of rotatable bonds is 4. The maximum atomic E-state index is 14.4. The molecule has 184 valence electrons. The number of nitrogens with zero attached hydrogens (tertiary/aromatic N) is 6. The van der Waals surface area contributed by atoms with Crippen LogP contribution in [0.2, 0.25) is 0 Å². The molecular formula is C25H17F3N8O. The minimum atomic E-state index is -1.27. The van der Waals surface area contributed by atoms with E-state index in [1.165, 1.54) is 53.5 Å². The summed E-state index contributed by atoms with van der Waals surface area (Å²) in [5, 5.41) is 2.73. The van der Waals surface area contributed by atoms with Gasteiger partial charge in [-0.25, -0.2) is 28.1 Å². The van der Waals surface area contributed by atoms with Gasteiger partial charge in [0.15, 0.2) is 17.5 Å². The highest BCUT2D eigenvalue weighted by Gasteiger charge is 2.49. The lowest BCUT2D eigenvalue weighted by Gasteiger charge is -2.21. The van der Waals surface area contributed by atoms with Crippen LogP contribution in [-0.2, 0) is 16.6 Å². The molecule has 0 saturated heterocycles. The molecule has 1 aliphatic heterocycles. The second kappa shape index (κ2) is 8.08. The van der Waals surface area contributed by atoms with Crippen LogP contribution in [-0.4, -0.2) is 35.2 Å². The van der Waals surface area contributed by atoms with E-state index in [1.807, 2.05) is 0 Å². The summed E-state index contributed by atoms with van der Waals surface area (Å²) in [7, 11) is 0. The average molecular weight is 502 g/mol. The van der Waals surface area contributed by atoms with Crippen molar-refractivity contribution in [3.05, 3.63) is 95.2 Å². The zero-order valence-electron chi connectivity index (χ0n) is 19.2. The van der Waals surface area contributed by atoms with Crippen molar-refractivity contribution in [2.24, 2.45) is 0 Å². The number of benzene rings is 1. The SMILES string of the molecule is CC1(c2cnccn2)C(=O)Nc2nc(-c3nc(Cc4cccc(F)c4F)n4cc(F)ccc34)nc(N)c21. The summed E-state index contributed by atoms with van der Waals surface area (Å²) >= 11 is 0. The van der Waals surface area contributed by atoms with E-state index in [0.717, 1.165) is 6.07 Å². The Morgan fingerprint density at radius 2 is 1.92 bits per heavy atom. The van der Waals surface area contributed by atoms with E-state index in [9.17, 15) is 18.0 Å². The molecule has 37 heavy (non-hydrogen) atoms. The molecule has 4 aromatic heterocycles. The van der Waals surface area contributed by atoms with Gasteiger partial charge in [0, 0.05) is 31.2 Å². The number of hydrogen-bond acceptors (Lipinski definition) is 7. The van der Waals surface area contributed by atoms with Gasteiger partial charge >= 0.3 is 0 Å². The number of nitrogens with two attached hydrogens (primary N) is 1. The highest BCUT2D eigenvalue weighted by molar-refractivity contribution is 6.08. The molecule has 1 aromatic carbocycles. The zero-order chi connectivity index (χ0) is 25.9. The maximum Gasteiger partial charge on any atom is 0.242 e. The first-order chi connectivity index (χ1) is 17.8. The number of imidazole rings is 1. The van der Waals surface area contributed by atoms with Crippen molar-refractivity contribution in [1.82, 2.24) is 29.3 Å². The van der Waals surface area contributed by atoms with E-state index in [-0.39, 0.29) is 41.0 Å². The molecule has 1 aliphatic rings. The van der Waals surface area contributed by atoms with Crippen LogP contribution in [0.3, 0.4) is 0 Å². The first-order valence-corrected chi connectivity index (χ1v) is 11.1. The first kappa shape index (κ1) is 22.6. The summed E-state index contributed by atoms with van der Waals surface area (Å²) in [5.74, 6) is -2.48. The van der Waals surface area contributed by atoms with Crippen molar-refractivity contribution >= 4 is 23.1 Å². The maximum absolute atomic E-state index is 14.4. The van der Waals surface area contributed by atoms with E-state index in [1.54, 1.807) is 6.92 Å². The summed E-state index contributed by atoms with van der Waals surface area (Å²) in [6.45, 7) is 1.65. The Balaban J connectivity index is 1.50. The topological polar surface area (TPSA) is 124 Å². The van der Waals surface area contributed by atoms with Crippen LogP contribution in [0.1, 0.15) is 29.6 Å². The van der Waals surface area contributed by atoms with E-state index in [4.69, 9.17) is 5.73 Å². The van der Waals surface area contributed by atoms with Crippen LogP contribution in [0.4, 0.5) is 24.8 Å². The first-order valence-electron chi connectivity index (χ1n) is 11.1. The third-order valence-electron chi connectivity index (χ3n) is 6.46. The second-order valence-corrected chi connectivity index (χ2v) is 8.69. The number of halogens is 3. The van der Waals surface area contributed by atoms with Gasteiger partial charge in [0.25, 0.3) is 0 Å². The second-order valence-electron chi connectivity index (χ2n) is 8.69. The van der Waals surface area contributed by atoms with Crippen LogP contribution >= 0.6 is 0 Å². The van der Waals surface area contributed by atoms with Crippen LogP contribution < -0.4 is 11.1 Å². The molecule has 3 N–H and O–H groups in total.